The third-order valence-corrected chi connectivity index (χ3v) is 6.43. The van der Waals surface area contributed by atoms with Crippen LogP contribution < -0.4 is 0 Å². The van der Waals surface area contributed by atoms with E-state index in [1.807, 2.05) is 13.8 Å². The van der Waals surface area contributed by atoms with Gasteiger partial charge in [-0.25, -0.2) is 0 Å². The molecule has 2 aromatic rings. The first kappa shape index (κ1) is 18.0. The van der Waals surface area contributed by atoms with Crippen molar-refractivity contribution in [2.45, 2.75) is 23.6 Å². The molecule has 0 bridgehead atoms. The van der Waals surface area contributed by atoms with Crippen LogP contribution in [-0.2, 0) is 27.5 Å². The molecule has 0 unspecified atom stereocenters. The zero-order valence-electron chi connectivity index (χ0n) is 12.3. The molecule has 9 heteroatoms. The van der Waals surface area contributed by atoms with Gasteiger partial charge in [-0.05, 0) is 38.1 Å². The summed E-state index contributed by atoms with van der Waals surface area (Å²) in [6.07, 6.45) is 0. The number of hydrogen-bond donors (Lipinski definition) is 0. The van der Waals surface area contributed by atoms with Crippen LogP contribution in [0.15, 0.2) is 58.3 Å². The van der Waals surface area contributed by atoms with E-state index in [0.29, 0.717) is 0 Å². The molecule has 0 aliphatic heterocycles. The summed E-state index contributed by atoms with van der Waals surface area (Å²) in [4.78, 5) is -0.182. The molecule has 0 saturated heterocycles. The third kappa shape index (κ3) is 4.79. The SMILES string of the molecule is Cc1ccc(S(=O)(=O)OSOS(=O)(=O)c2ccc(C)cc2)cc1. The summed E-state index contributed by atoms with van der Waals surface area (Å²) in [6.45, 7) is 3.62. The van der Waals surface area contributed by atoms with Crippen molar-refractivity contribution in [3.63, 3.8) is 0 Å². The molecule has 2 aromatic carbocycles. The molecule has 124 valence electrons. The summed E-state index contributed by atoms with van der Waals surface area (Å²) in [5.41, 5.74) is 1.77. The lowest BCUT2D eigenvalue weighted by molar-refractivity contribution is 0.477. The van der Waals surface area contributed by atoms with Gasteiger partial charge >= 0.3 is 20.2 Å². The molecule has 0 amide bonds. The molecule has 0 radical (unpaired) electrons. The van der Waals surface area contributed by atoms with E-state index >= 15 is 0 Å². The molecule has 23 heavy (non-hydrogen) atoms. The average molecular weight is 374 g/mol. The van der Waals surface area contributed by atoms with E-state index in [9.17, 15) is 16.8 Å². The highest BCUT2D eigenvalue weighted by molar-refractivity contribution is 8.07. The molecule has 0 atom stereocenters. The zero-order chi connectivity index (χ0) is 17.1. The molecule has 0 fully saturated rings. The van der Waals surface area contributed by atoms with E-state index in [4.69, 9.17) is 0 Å². The van der Waals surface area contributed by atoms with E-state index in [-0.39, 0.29) is 22.1 Å². The van der Waals surface area contributed by atoms with Gasteiger partial charge in [-0.2, -0.15) is 24.1 Å². The zero-order valence-corrected chi connectivity index (χ0v) is 14.7. The van der Waals surface area contributed by atoms with Crippen LogP contribution in [0.1, 0.15) is 11.1 Å². The van der Waals surface area contributed by atoms with Crippen molar-refractivity contribution in [3.8, 4) is 0 Å². The summed E-state index contributed by atoms with van der Waals surface area (Å²) in [7, 11) is -8.23. The minimum atomic E-state index is -4.11. The van der Waals surface area contributed by atoms with Crippen molar-refractivity contribution in [2.24, 2.45) is 0 Å². The van der Waals surface area contributed by atoms with Gasteiger partial charge in [0.05, 0.1) is 9.79 Å². The molecule has 0 heterocycles. The summed E-state index contributed by atoms with van der Waals surface area (Å²) >= 11 is -0.111. The molecule has 0 saturated carbocycles. The van der Waals surface area contributed by atoms with E-state index in [1.165, 1.54) is 24.3 Å². The topological polar surface area (TPSA) is 86.7 Å². The minimum Gasteiger partial charge on any atom is -0.193 e. The van der Waals surface area contributed by atoms with Crippen LogP contribution in [0.2, 0.25) is 0 Å². The molecule has 2 rings (SSSR count). The Morgan fingerprint density at radius 2 is 0.957 bits per heavy atom. The fourth-order valence-electron chi connectivity index (χ4n) is 1.57. The monoisotopic (exact) mass is 374 g/mol. The summed E-state index contributed by atoms with van der Waals surface area (Å²) < 4.78 is 56.6. The van der Waals surface area contributed by atoms with Crippen molar-refractivity contribution in [1.82, 2.24) is 0 Å². The van der Waals surface area contributed by atoms with Crippen LogP contribution in [0.3, 0.4) is 0 Å². The number of benzene rings is 2. The Labute approximate surface area is 140 Å². The van der Waals surface area contributed by atoms with Gasteiger partial charge in [0, 0.05) is 0 Å². The lowest BCUT2D eigenvalue weighted by Crippen LogP contribution is -2.06. The smallest absolute Gasteiger partial charge is 0.193 e. The van der Waals surface area contributed by atoms with Gasteiger partial charge in [-0.3, -0.25) is 0 Å². The summed E-state index contributed by atoms with van der Waals surface area (Å²) in [5, 5.41) is 0. The first-order valence-electron chi connectivity index (χ1n) is 6.38. The molecule has 0 N–H and O–H groups in total. The highest BCUT2D eigenvalue weighted by atomic mass is 32.3. The Morgan fingerprint density at radius 3 is 1.26 bits per heavy atom. The fraction of sp³-hybridized carbons (Fsp3) is 0.143. The maximum absolute atomic E-state index is 11.9. The highest BCUT2D eigenvalue weighted by Gasteiger charge is 2.21. The molecule has 6 nitrogen and oxygen atoms in total. The van der Waals surface area contributed by atoms with Crippen molar-refractivity contribution < 1.29 is 24.1 Å². The van der Waals surface area contributed by atoms with Crippen molar-refractivity contribution in [2.75, 3.05) is 0 Å². The molecule has 0 aliphatic rings. The molecular formula is C14H14O6S3. The fourth-order valence-corrected chi connectivity index (χ4v) is 4.02. The quantitative estimate of drug-likeness (QED) is 0.718. The Kier molecular flexibility index (Phi) is 5.48. The molecule has 0 aromatic heterocycles. The van der Waals surface area contributed by atoms with Crippen LogP contribution in [0.5, 0.6) is 0 Å². The van der Waals surface area contributed by atoms with Gasteiger partial charge in [0.15, 0.2) is 12.3 Å². The second-order valence-electron chi connectivity index (χ2n) is 4.74. The van der Waals surface area contributed by atoms with E-state index in [1.54, 1.807) is 24.3 Å². The lowest BCUT2D eigenvalue weighted by atomic mass is 10.2. The van der Waals surface area contributed by atoms with E-state index in [2.05, 4.69) is 7.26 Å². The van der Waals surface area contributed by atoms with Gasteiger partial charge in [0.2, 0.25) is 0 Å². The van der Waals surface area contributed by atoms with Crippen LogP contribution in [0.4, 0.5) is 0 Å². The van der Waals surface area contributed by atoms with Gasteiger partial charge in [-0.15, -0.1) is 0 Å². The Hall–Kier alpha value is -1.39. The second kappa shape index (κ2) is 7.02. The predicted molar refractivity (Wildman–Crippen MR) is 86.5 cm³/mol. The predicted octanol–water partition coefficient (Wildman–Crippen LogP) is 2.98. The molecular weight excluding hydrogens is 360 g/mol. The van der Waals surface area contributed by atoms with Crippen LogP contribution in [0.25, 0.3) is 0 Å². The van der Waals surface area contributed by atoms with Crippen molar-refractivity contribution in [1.29, 1.82) is 0 Å². The van der Waals surface area contributed by atoms with Crippen LogP contribution >= 0.6 is 12.3 Å². The van der Waals surface area contributed by atoms with Crippen LogP contribution in [-0.4, -0.2) is 16.8 Å². The number of aryl methyl sites for hydroxylation is 2. The van der Waals surface area contributed by atoms with E-state index in [0.717, 1.165) is 11.1 Å². The Morgan fingerprint density at radius 1 is 0.652 bits per heavy atom. The van der Waals surface area contributed by atoms with Gasteiger partial charge in [-0.1, -0.05) is 35.4 Å². The highest BCUT2D eigenvalue weighted by Crippen LogP contribution is 2.24. The molecule has 0 aliphatic carbocycles. The van der Waals surface area contributed by atoms with Gasteiger partial charge in [0.1, 0.15) is 0 Å². The van der Waals surface area contributed by atoms with Gasteiger partial charge in [0.25, 0.3) is 0 Å². The second-order valence-corrected chi connectivity index (χ2v) is 8.72. The Bertz CT molecular complexity index is 794. The minimum absolute atomic E-state index is 0.0908. The first-order chi connectivity index (χ1) is 10.7. The van der Waals surface area contributed by atoms with Crippen LogP contribution in [0, 0.1) is 13.8 Å². The maximum Gasteiger partial charge on any atom is 0.309 e. The normalized spacial score (nSPS) is 12.3. The third-order valence-electron chi connectivity index (χ3n) is 2.85. The number of rotatable bonds is 6. The number of hydrogen-bond acceptors (Lipinski definition) is 7. The average Bonchev–Trinajstić information content (AvgIpc) is 2.47. The Balaban J connectivity index is 2.03. The maximum atomic E-state index is 11.9. The summed E-state index contributed by atoms with van der Waals surface area (Å²) in [6, 6.07) is 11.9. The standard InChI is InChI=1S/C14H14O6S3/c1-11-3-7-13(8-4-11)22(15,16)19-21-20-23(17,18)14-9-5-12(2)6-10-14/h3-10H,1-2H3. The largest absolute Gasteiger partial charge is 0.309 e. The van der Waals surface area contributed by atoms with E-state index < -0.39 is 20.2 Å². The first-order valence-corrected chi connectivity index (χ1v) is 9.87. The lowest BCUT2D eigenvalue weighted by Gasteiger charge is -2.05. The van der Waals surface area contributed by atoms with Crippen molar-refractivity contribution in [3.05, 3.63) is 59.7 Å². The van der Waals surface area contributed by atoms with Crippen molar-refractivity contribution >= 4 is 32.6 Å². The molecule has 0 spiro atoms. The van der Waals surface area contributed by atoms with Gasteiger partial charge < -0.3 is 0 Å². The summed E-state index contributed by atoms with van der Waals surface area (Å²) in [5.74, 6) is 0.